The van der Waals surface area contributed by atoms with Gasteiger partial charge in [-0.15, -0.1) is 5.10 Å². The van der Waals surface area contributed by atoms with Crippen LogP contribution in [-0.4, -0.2) is 92.6 Å². The summed E-state index contributed by atoms with van der Waals surface area (Å²) in [5, 5.41) is 12.0. The third-order valence-corrected chi connectivity index (χ3v) is 8.11. The molecule has 230 valence electrons. The standard InChI is InChI=1S/C31H32N10O4/c32-26(42)25-17-33-28-27(34-21-9-7-19(8-10-21)30(44)39-12-14-45-15-13-39)37-31(38-41(25)28)40-11-3-5-22(18-40)35-29(43)24-16-20-4-1-2-6-23(20)36-24/h1-2,4,6-10,16-17,22,36H,3,5,11-15,18H2,(H2,32,42)(H,35,43)(H,34,37,38)/t22-/m1/s1. The predicted molar refractivity (Wildman–Crippen MR) is 167 cm³/mol. The first-order chi connectivity index (χ1) is 21.9. The predicted octanol–water partition coefficient (Wildman–Crippen LogP) is 2.32. The summed E-state index contributed by atoms with van der Waals surface area (Å²) in [4.78, 5) is 54.3. The summed E-state index contributed by atoms with van der Waals surface area (Å²) in [7, 11) is 0. The SMILES string of the molecule is NC(=O)c1cnc2c(Nc3ccc(C(=O)N4CCOCC4)cc3)nc(N3CCC[C@@H](NC(=O)c4cc5ccccc5[nH]4)C3)nn12. The fraction of sp³-hybridized carbons (Fsp3) is 0.290. The van der Waals surface area contributed by atoms with Crippen LogP contribution in [0.15, 0.2) is 60.8 Å². The minimum atomic E-state index is -0.675. The number of aromatic nitrogens is 5. The van der Waals surface area contributed by atoms with Crippen molar-refractivity contribution in [3.63, 3.8) is 0 Å². The van der Waals surface area contributed by atoms with E-state index in [-0.39, 0.29) is 23.6 Å². The molecule has 1 atom stereocenters. The lowest BCUT2D eigenvalue weighted by Crippen LogP contribution is -2.48. The minimum absolute atomic E-state index is 0.0489. The van der Waals surface area contributed by atoms with Crippen LogP contribution in [0.1, 0.15) is 44.2 Å². The van der Waals surface area contributed by atoms with E-state index in [1.54, 1.807) is 29.2 Å². The Bertz CT molecular complexity index is 1860. The Morgan fingerprint density at radius 3 is 2.60 bits per heavy atom. The monoisotopic (exact) mass is 608 g/mol. The first kappa shape index (κ1) is 28.3. The van der Waals surface area contributed by atoms with E-state index in [4.69, 9.17) is 15.5 Å². The van der Waals surface area contributed by atoms with Crippen LogP contribution >= 0.6 is 0 Å². The van der Waals surface area contributed by atoms with E-state index in [2.05, 4.69) is 25.7 Å². The van der Waals surface area contributed by atoms with Gasteiger partial charge in [0.25, 0.3) is 17.7 Å². The van der Waals surface area contributed by atoms with E-state index in [0.717, 1.165) is 23.7 Å². The number of amides is 3. The highest BCUT2D eigenvalue weighted by molar-refractivity contribution is 5.98. The molecule has 0 unspecified atom stereocenters. The second kappa shape index (κ2) is 11.9. The zero-order valence-corrected chi connectivity index (χ0v) is 24.4. The maximum absolute atomic E-state index is 13.1. The summed E-state index contributed by atoms with van der Waals surface area (Å²) in [6.45, 7) is 3.31. The number of morpholine rings is 1. The van der Waals surface area contributed by atoms with Crippen molar-refractivity contribution in [1.29, 1.82) is 0 Å². The fourth-order valence-electron chi connectivity index (χ4n) is 5.77. The lowest BCUT2D eigenvalue weighted by molar-refractivity contribution is 0.0303. The van der Waals surface area contributed by atoms with Crippen molar-refractivity contribution < 1.29 is 19.1 Å². The van der Waals surface area contributed by atoms with Crippen LogP contribution in [0.3, 0.4) is 0 Å². The third-order valence-electron chi connectivity index (χ3n) is 8.11. The van der Waals surface area contributed by atoms with Crippen molar-refractivity contribution in [1.82, 2.24) is 34.8 Å². The van der Waals surface area contributed by atoms with Crippen LogP contribution in [0, 0.1) is 0 Å². The number of para-hydroxylation sites is 1. The van der Waals surface area contributed by atoms with Crippen molar-refractivity contribution in [3.8, 4) is 0 Å². The number of benzene rings is 2. The van der Waals surface area contributed by atoms with Crippen LogP contribution in [0.5, 0.6) is 0 Å². The average Bonchev–Trinajstić information content (AvgIpc) is 3.71. The van der Waals surface area contributed by atoms with Gasteiger partial charge in [-0.1, -0.05) is 18.2 Å². The third kappa shape index (κ3) is 5.74. The van der Waals surface area contributed by atoms with Gasteiger partial charge in [0.05, 0.1) is 19.4 Å². The zero-order chi connectivity index (χ0) is 30.9. The summed E-state index contributed by atoms with van der Waals surface area (Å²) in [5.74, 6) is -0.186. The molecule has 2 saturated heterocycles. The first-order valence-corrected chi connectivity index (χ1v) is 14.9. The van der Waals surface area contributed by atoms with E-state index in [9.17, 15) is 14.4 Å². The molecule has 14 heteroatoms. The number of hydrogen-bond donors (Lipinski definition) is 4. The molecule has 0 bridgehead atoms. The molecule has 2 aliphatic heterocycles. The number of piperidine rings is 1. The van der Waals surface area contributed by atoms with Crippen molar-refractivity contribution in [2.24, 2.45) is 5.73 Å². The highest BCUT2D eigenvalue weighted by Gasteiger charge is 2.26. The van der Waals surface area contributed by atoms with Crippen LogP contribution in [0.25, 0.3) is 16.6 Å². The molecule has 5 heterocycles. The molecule has 0 aliphatic carbocycles. The number of primary amides is 1. The van der Waals surface area contributed by atoms with Gasteiger partial charge in [0.1, 0.15) is 5.69 Å². The molecule has 5 N–H and O–H groups in total. The Morgan fingerprint density at radius 2 is 1.82 bits per heavy atom. The minimum Gasteiger partial charge on any atom is -0.378 e. The van der Waals surface area contributed by atoms with E-state index in [0.29, 0.717) is 73.8 Å². The van der Waals surface area contributed by atoms with Gasteiger partial charge in [-0.3, -0.25) is 14.4 Å². The number of rotatable bonds is 7. The van der Waals surface area contributed by atoms with E-state index >= 15 is 0 Å². The molecule has 3 aromatic heterocycles. The quantitative estimate of drug-likeness (QED) is 0.216. The van der Waals surface area contributed by atoms with Crippen LogP contribution in [0.2, 0.25) is 0 Å². The largest absolute Gasteiger partial charge is 0.378 e. The number of H-pyrrole nitrogens is 1. The average molecular weight is 609 g/mol. The fourth-order valence-corrected chi connectivity index (χ4v) is 5.77. The van der Waals surface area contributed by atoms with Gasteiger partial charge in [0, 0.05) is 54.4 Å². The number of carbonyl (C=O) groups is 3. The smallest absolute Gasteiger partial charge is 0.269 e. The number of carbonyl (C=O) groups excluding carboxylic acids is 3. The molecule has 2 aromatic carbocycles. The highest BCUT2D eigenvalue weighted by Crippen LogP contribution is 2.25. The van der Waals surface area contributed by atoms with Crippen molar-refractivity contribution >= 4 is 51.7 Å². The summed E-state index contributed by atoms with van der Waals surface area (Å²) in [6, 6.07) is 16.5. The molecule has 2 aliphatic rings. The number of nitrogens with one attached hydrogen (secondary N) is 3. The van der Waals surface area contributed by atoms with E-state index in [1.165, 1.54) is 10.7 Å². The van der Waals surface area contributed by atoms with Crippen molar-refractivity contribution in [2.75, 3.05) is 49.6 Å². The van der Waals surface area contributed by atoms with Gasteiger partial charge in [-0.05, 0) is 49.2 Å². The van der Waals surface area contributed by atoms with Crippen LogP contribution in [-0.2, 0) is 4.74 Å². The molecule has 14 nitrogen and oxygen atoms in total. The maximum atomic E-state index is 13.1. The molecule has 0 radical (unpaired) electrons. The van der Waals surface area contributed by atoms with Crippen LogP contribution < -0.4 is 21.3 Å². The molecule has 3 amide bonds. The second-order valence-electron chi connectivity index (χ2n) is 11.1. The van der Waals surface area contributed by atoms with Gasteiger partial charge >= 0.3 is 0 Å². The molecule has 0 spiro atoms. The molecular formula is C31H32N10O4. The van der Waals surface area contributed by atoms with Gasteiger partial charge in [0.2, 0.25) is 5.95 Å². The molecule has 45 heavy (non-hydrogen) atoms. The number of ether oxygens (including phenoxy) is 1. The number of aromatic amines is 1. The van der Waals surface area contributed by atoms with Gasteiger partial charge < -0.3 is 35.9 Å². The lowest BCUT2D eigenvalue weighted by atomic mass is 10.1. The topological polar surface area (TPSA) is 176 Å². The number of nitrogens with two attached hydrogens (primary N) is 1. The summed E-state index contributed by atoms with van der Waals surface area (Å²) < 4.78 is 6.74. The molecule has 7 rings (SSSR count). The summed E-state index contributed by atoms with van der Waals surface area (Å²) >= 11 is 0. The Balaban J connectivity index is 1.12. The van der Waals surface area contributed by atoms with Crippen LogP contribution in [0.4, 0.5) is 17.5 Å². The Labute approximate surface area is 257 Å². The number of nitrogens with zero attached hydrogens (tertiary/aromatic N) is 6. The number of fused-ring (bicyclic) bond motifs is 2. The first-order valence-electron chi connectivity index (χ1n) is 14.9. The van der Waals surface area contributed by atoms with Crippen molar-refractivity contribution in [3.05, 3.63) is 77.7 Å². The molecule has 5 aromatic rings. The lowest BCUT2D eigenvalue weighted by Gasteiger charge is -2.33. The van der Waals surface area contributed by atoms with Gasteiger partial charge in [-0.25, -0.2) is 9.50 Å². The Kier molecular flexibility index (Phi) is 7.47. The van der Waals surface area contributed by atoms with Gasteiger partial charge in [-0.2, -0.15) is 4.98 Å². The van der Waals surface area contributed by atoms with E-state index < -0.39 is 5.91 Å². The normalized spacial score (nSPS) is 17.0. The Morgan fingerprint density at radius 1 is 1.02 bits per heavy atom. The second-order valence-corrected chi connectivity index (χ2v) is 11.1. The van der Waals surface area contributed by atoms with Gasteiger partial charge in [0.15, 0.2) is 17.2 Å². The number of imidazole rings is 1. The summed E-state index contributed by atoms with van der Waals surface area (Å²) in [5.41, 5.74) is 8.71. The number of anilines is 3. The Hall–Kier alpha value is -5.50. The van der Waals surface area contributed by atoms with E-state index in [1.807, 2.05) is 35.2 Å². The highest BCUT2D eigenvalue weighted by atomic mass is 16.5. The zero-order valence-electron chi connectivity index (χ0n) is 24.4. The molecular weight excluding hydrogens is 576 g/mol. The molecule has 0 saturated carbocycles. The van der Waals surface area contributed by atoms with Crippen molar-refractivity contribution in [2.45, 2.75) is 18.9 Å². The summed E-state index contributed by atoms with van der Waals surface area (Å²) in [6.07, 6.45) is 2.96. The number of hydrogen-bond acceptors (Lipinski definition) is 9. The molecule has 2 fully saturated rings. The maximum Gasteiger partial charge on any atom is 0.269 e.